The van der Waals surface area contributed by atoms with Crippen molar-refractivity contribution in [1.29, 1.82) is 0 Å². The van der Waals surface area contributed by atoms with E-state index in [4.69, 9.17) is 0 Å². The van der Waals surface area contributed by atoms with Crippen LogP contribution in [0.1, 0.15) is 35.8 Å². The van der Waals surface area contributed by atoms with Crippen molar-refractivity contribution in [3.63, 3.8) is 0 Å². The lowest BCUT2D eigenvalue weighted by atomic mass is 10.1. The molecule has 1 heterocycles. The molecule has 1 atom stereocenters. The molecule has 21 heavy (non-hydrogen) atoms. The van der Waals surface area contributed by atoms with Crippen LogP contribution in [0.15, 0.2) is 47.1 Å². The van der Waals surface area contributed by atoms with Gasteiger partial charge >= 0.3 is 0 Å². The minimum atomic E-state index is -0.105. The van der Waals surface area contributed by atoms with Crippen molar-refractivity contribution in [1.82, 2.24) is 10.3 Å². The van der Waals surface area contributed by atoms with Crippen molar-refractivity contribution in [2.45, 2.75) is 19.9 Å². The van der Waals surface area contributed by atoms with Crippen LogP contribution in [-0.4, -0.2) is 17.4 Å². The zero-order valence-corrected chi connectivity index (χ0v) is 13.6. The van der Waals surface area contributed by atoms with Gasteiger partial charge in [0.25, 0.3) is 5.91 Å². The molecule has 0 aliphatic rings. The molecule has 0 radical (unpaired) electrons. The van der Waals surface area contributed by atoms with Crippen LogP contribution in [0, 0.1) is 0 Å². The molecule has 1 amide bonds. The van der Waals surface area contributed by atoms with Gasteiger partial charge in [-0.2, -0.15) is 0 Å². The molecule has 1 aromatic carbocycles. The molecule has 2 N–H and O–H groups in total. The molecule has 0 aliphatic heterocycles. The third-order valence-electron chi connectivity index (χ3n) is 3.10. The number of hydrogen-bond donors (Lipinski definition) is 2. The minimum absolute atomic E-state index is 0.0543. The second kappa shape index (κ2) is 7.22. The topological polar surface area (TPSA) is 54.0 Å². The molecule has 0 aliphatic carbocycles. The quantitative estimate of drug-likeness (QED) is 0.865. The van der Waals surface area contributed by atoms with E-state index in [0.717, 1.165) is 16.6 Å². The summed E-state index contributed by atoms with van der Waals surface area (Å²) in [4.78, 5) is 16.4. The number of hydrogen-bond acceptors (Lipinski definition) is 3. The van der Waals surface area contributed by atoms with Crippen molar-refractivity contribution in [3.8, 4) is 0 Å². The highest BCUT2D eigenvalue weighted by atomic mass is 79.9. The van der Waals surface area contributed by atoms with E-state index < -0.39 is 0 Å². The highest BCUT2D eigenvalue weighted by molar-refractivity contribution is 9.10. The van der Waals surface area contributed by atoms with Crippen LogP contribution in [-0.2, 0) is 0 Å². The maximum absolute atomic E-state index is 12.3. The maximum Gasteiger partial charge on any atom is 0.251 e. The Morgan fingerprint density at radius 3 is 2.67 bits per heavy atom. The van der Waals surface area contributed by atoms with Crippen LogP contribution in [0.4, 0.5) is 5.82 Å². The highest BCUT2D eigenvalue weighted by Gasteiger charge is 2.12. The van der Waals surface area contributed by atoms with E-state index in [1.165, 1.54) is 0 Å². The number of benzene rings is 1. The molecule has 2 rings (SSSR count). The van der Waals surface area contributed by atoms with Crippen molar-refractivity contribution >= 4 is 27.7 Å². The van der Waals surface area contributed by atoms with Crippen molar-refractivity contribution < 1.29 is 4.79 Å². The molecule has 5 heteroatoms. The SMILES string of the molecule is CCNc1cc(C(=O)NC(C)c2ccc(Br)cc2)ccn1. The van der Waals surface area contributed by atoms with Gasteiger partial charge in [0.05, 0.1) is 6.04 Å². The van der Waals surface area contributed by atoms with Gasteiger partial charge in [0.1, 0.15) is 5.82 Å². The summed E-state index contributed by atoms with van der Waals surface area (Å²) in [6.07, 6.45) is 1.64. The number of halogens is 1. The fourth-order valence-electron chi connectivity index (χ4n) is 1.96. The number of carbonyl (C=O) groups is 1. The molecular weight excluding hydrogens is 330 g/mol. The molecular formula is C16H18BrN3O. The van der Waals surface area contributed by atoms with E-state index in [0.29, 0.717) is 11.4 Å². The first-order chi connectivity index (χ1) is 10.1. The summed E-state index contributed by atoms with van der Waals surface area (Å²) in [5, 5.41) is 6.09. The standard InChI is InChI=1S/C16H18BrN3O/c1-3-18-15-10-13(8-9-19-15)16(21)20-11(2)12-4-6-14(17)7-5-12/h4-11H,3H2,1-2H3,(H,18,19)(H,20,21). The summed E-state index contributed by atoms with van der Waals surface area (Å²) in [5.41, 5.74) is 1.66. The van der Waals surface area contributed by atoms with Gasteiger partial charge < -0.3 is 10.6 Å². The van der Waals surface area contributed by atoms with Gasteiger partial charge in [-0.1, -0.05) is 28.1 Å². The zero-order chi connectivity index (χ0) is 15.2. The molecule has 0 fully saturated rings. The van der Waals surface area contributed by atoms with E-state index in [2.05, 4.69) is 31.5 Å². The normalized spacial score (nSPS) is 11.8. The van der Waals surface area contributed by atoms with E-state index in [-0.39, 0.29) is 11.9 Å². The van der Waals surface area contributed by atoms with Crippen LogP contribution < -0.4 is 10.6 Å². The summed E-state index contributed by atoms with van der Waals surface area (Å²) in [6, 6.07) is 11.3. The second-order valence-corrected chi connectivity index (χ2v) is 5.62. The van der Waals surface area contributed by atoms with Crippen molar-refractivity contribution in [2.24, 2.45) is 0 Å². The Labute approximate surface area is 133 Å². The number of anilines is 1. The largest absolute Gasteiger partial charge is 0.370 e. The van der Waals surface area contributed by atoms with Gasteiger partial charge in [0.2, 0.25) is 0 Å². The number of rotatable bonds is 5. The van der Waals surface area contributed by atoms with Crippen LogP contribution in [0.25, 0.3) is 0 Å². The van der Waals surface area contributed by atoms with Gasteiger partial charge in [0, 0.05) is 22.8 Å². The molecule has 0 saturated heterocycles. The Morgan fingerprint density at radius 1 is 1.29 bits per heavy atom. The summed E-state index contributed by atoms with van der Waals surface area (Å²) in [7, 11) is 0. The number of amides is 1. The maximum atomic E-state index is 12.3. The Hall–Kier alpha value is -1.88. The first-order valence-corrected chi connectivity index (χ1v) is 7.65. The smallest absolute Gasteiger partial charge is 0.251 e. The third-order valence-corrected chi connectivity index (χ3v) is 3.63. The van der Waals surface area contributed by atoms with Crippen LogP contribution in [0.2, 0.25) is 0 Å². The Bertz CT molecular complexity index is 613. The molecule has 0 bridgehead atoms. The van der Waals surface area contributed by atoms with Gasteiger partial charge in [-0.15, -0.1) is 0 Å². The fourth-order valence-corrected chi connectivity index (χ4v) is 2.23. The lowest BCUT2D eigenvalue weighted by molar-refractivity contribution is 0.0940. The van der Waals surface area contributed by atoms with Gasteiger partial charge in [0.15, 0.2) is 0 Å². The number of nitrogens with one attached hydrogen (secondary N) is 2. The summed E-state index contributed by atoms with van der Waals surface area (Å²) in [6.45, 7) is 4.73. The van der Waals surface area contributed by atoms with Crippen LogP contribution in [0.5, 0.6) is 0 Å². The Kier molecular flexibility index (Phi) is 5.33. The average Bonchev–Trinajstić information content (AvgIpc) is 2.48. The predicted octanol–water partition coefficient (Wildman–Crippen LogP) is 3.77. The van der Waals surface area contributed by atoms with Gasteiger partial charge in [-0.05, 0) is 43.7 Å². The van der Waals surface area contributed by atoms with Gasteiger partial charge in [-0.25, -0.2) is 4.98 Å². The van der Waals surface area contributed by atoms with Crippen LogP contribution >= 0.6 is 15.9 Å². The first-order valence-electron chi connectivity index (χ1n) is 6.86. The lowest BCUT2D eigenvalue weighted by Crippen LogP contribution is -2.26. The lowest BCUT2D eigenvalue weighted by Gasteiger charge is -2.15. The average molecular weight is 348 g/mol. The van der Waals surface area contributed by atoms with Crippen LogP contribution in [0.3, 0.4) is 0 Å². The molecule has 0 spiro atoms. The summed E-state index contributed by atoms with van der Waals surface area (Å²) < 4.78 is 1.02. The number of carbonyl (C=O) groups excluding carboxylic acids is 1. The minimum Gasteiger partial charge on any atom is -0.370 e. The van der Waals surface area contributed by atoms with Crippen molar-refractivity contribution in [3.05, 3.63) is 58.2 Å². The molecule has 2 aromatic rings. The monoisotopic (exact) mass is 347 g/mol. The third kappa shape index (κ3) is 4.29. The Morgan fingerprint density at radius 2 is 2.00 bits per heavy atom. The highest BCUT2D eigenvalue weighted by Crippen LogP contribution is 2.17. The summed E-state index contributed by atoms with van der Waals surface area (Å²) >= 11 is 3.40. The van der Waals surface area contributed by atoms with E-state index in [1.54, 1.807) is 18.3 Å². The van der Waals surface area contributed by atoms with Gasteiger partial charge in [-0.3, -0.25) is 4.79 Å². The molecule has 1 aromatic heterocycles. The number of pyridine rings is 1. The molecule has 0 saturated carbocycles. The molecule has 1 unspecified atom stereocenters. The fraction of sp³-hybridized carbons (Fsp3) is 0.250. The van der Waals surface area contributed by atoms with E-state index in [1.807, 2.05) is 38.1 Å². The Balaban J connectivity index is 2.06. The first kappa shape index (κ1) is 15.5. The molecule has 110 valence electrons. The van der Waals surface area contributed by atoms with E-state index >= 15 is 0 Å². The molecule has 4 nitrogen and oxygen atoms in total. The number of aromatic nitrogens is 1. The zero-order valence-electron chi connectivity index (χ0n) is 12.1. The number of nitrogens with zero attached hydrogens (tertiary/aromatic N) is 1. The summed E-state index contributed by atoms with van der Waals surface area (Å²) in [5.74, 6) is 0.605. The predicted molar refractivity (Wildman–Crippen MR) is 88.4 cm³/mol. The van der Waals surface area contributed by atoms with Crippen molar-refractivity contribution in [2.75, 3.05) is 11.9 Å². The van der Waals surface area contributed by atoms with E-state index in [9.17, 15) is 4.79 Å². The second-order valence-electron chi connectivity index (χ2n) is 4.71.